The van der Waals surface area contributed by atoms with Crippen molar-refractivity contribution in [2.24, 2.45) is 0 Å². The second-order valence-electron chi connectivity index (χ2n) is 6.69. The minimum atomic E-state index is 0.105. The topological polar surface area (TPSA) is 57.5 Å². The van der Waals surface area contributed by atoms with E-state index >= 15 is 0 Å². The van der Waals surface area contributed by atoms with Crippen molar-refractivity contribution in [1.82, 2.24) is 15.1 Å². The van der Waals surface area contributed by atoms with Crippen LogP contribution >= 0.6 is 11.6 Å². The fourth-order valence-corrected chi connectivity index (χ4v) is 3.52. The van der Waals surface area contributed by atoms with Gasteiger partial charge in [-0.25, -0.2) is 4.68 Å². The number of hydrogen-bond donors (Lipinski definition) is 1. The molecule has 1 N–H and O–H groups in total. The lowest BCUT2D eigenvalue weighted by Crippen LogP contribution is -2.19. The molecule has 0 fully saturated rings. The molecule has 0 unspecified atom stereocenters. The van der Waals surface area contributed by atoms with Crippen molar-refractivity contribution in [3.8, 4) is 22.9 Å². The van der Waals surface area contributed by atoms with Crippen LogP contribution in [0.2, 0.25) is 5.02 Å². The molecule has 0 spiro atoms. The van der Waals surface area contributed by atoms with E-state index in [1.165, 1.54) is 0 Å². The molecule has 0 bridgehead atoms. The SMILES string of the molecule is COc1ccc(-n2ncc([C@H](C)NCc3cc4c(cc3Cl)OCO4)c2C)cc1. The Bertz CT molecular complexity index is 985. The second kappa shape index (κ2) is 7.73. The normalized spacial score (nSPS) is 13.6. The van der Waals surface area contributed by atoms with Crippen molar-refractivity contribution in [2.75, 3.05) is 13.9 Å². The Hall–Kier alpha value is -2.70. The number of nitrogens with zero attached hydrogens (tertiary/aromatic N) is 2. The van der Waals surface area contributed by atoms with E-state index in [9.17, 15) is 0 Å². The van der Waals surface area contributed by atoms with Gasteiger partial charge in [-0.15, -0.1) is 0 Å². The first-order valence-corrected chi connectivity index (χ1v) is 9.45. The van der Waals surface area contributed by atoms with Crippen molar-refractivity contribution in [3.05, 3.63) is 64.4 Å². The maximum absolute atomic E-state index is 6.38. The molecule has 1 aliphatic heterocycles. The van der Waals surface area contributed by atoms with Gasteiger partial charge in [-0.2, -0.15) is 5.10 Å². The van der Waals surface area contributed by atoms with Crippen LogP contribution < -0.4 is 19.5 Å². The van der Waals surface area contributed by atoms with Crippen LogP contribution in [-0.4, -0.2) is 23.7 Å². The van der Waals surface area contributed by atoms with E-state index in [4.69, 9.17) is 25.8 Å². The lowest BCUT2D eigenvalue weighted by molar-refractivity contribution is 0.174. The van der Waals surface area contributed by atoms with Gasteiger partial charge in [0, 0.05) is 34.9 Å². The molecule has 1 aliphatic rings. The summed E-state index contributed by atoms with van der Waals surface area (Å²) in [5.41, 5.74) is 4.18. The molecule has 1 aromatic heterocycles. The number of hydrogen-bond acceptors (Lipinski definition) is 5. The molecule has 6 nitrogen and oxygen atoms in total. The van der Waals surface area contributed by atoms with Gasteiger partial charge in [-0.3, -0.25) is 0 Å². The lowest BCUT2D eigenvalue weighted by Gasteiger charge is -2.15. The molecule has 0 aliphatic carbocycles. The van der Waals surface area contributed by atoms with Crippen LogP contribution in [0.3, 0.4) is 0 Å². The van der Waals surface area contributed by atoms with E-state index in [1.807, 2.05) is 41.2 Å². The zero-order valence-corrected chi connectivity index (χ0v) is 16.8. The summed E-state index contributed by atoms with van der Waals surface area (Å²) in [4.78, 5) is 0. The lowest BCUT2D eigenvalue weighted by atomic mass is 10.1. The molecule has 3 aromatic rings. The monoisotopic (exact) mass is 399 g/mol. The highest BCUT2D eigenvalue weighted by atomic mass is 35.5. The highest BCUT2D eigenvalue weighted by molar-refractivity contribution is 6.31. The molecule has 4 rings (SSSR count). The van der Waals surface area contributed by atoms with E-state index in [2.05, 4.69) is 24.3 Å². The molecule has 0 saturated heterocycles. The molecule has 7 heteroatoms. The van der Waals surface area contributed by atoms with Crippen LogP contribution in [0.15, 0.2) is 42.6 Å². The van der Waals surface area contributed by atoms with E-state index in [-0.39, 0.29) is 12.8 Å². The summed E-state index contributed by atoms with van der Waals surface area (Å²) in [6, 6.07) is 11.7. The van der Waals surface area contributed by atoms with Crippen molar-refractivity contribution in [1.29, 1.82) is 0 Å². The third-order valence-corrected chi connectivity index (χ3v) is 5.32. The third kappa shape index (κ3) is 3.53. The number of methoxy groups -OCH3 is 1. The average Bonchev–Trinajstić information content (AvgIpc) is 3.32. The van der Waals surface area contributed by atoms with Crippen LogP contribution in [0, 0.1) is 6.92 Å². The molecule has 0 saturated carbocycles. The molecule has 1 atom stereocenters. The zero-order chi connectivity index (χ0) is 19.7. The first-order chi connectivity index (χ1) is 13.6. The number of benzene rings is 2. The van der Waals surface area contributed by atoms with Crippen LogP contribution in [0.4, 0.5) is 0 Å². The number of halogens is 1. The highest BCUT2D eigenvalue weighted by Gasteiger charge is 2.18. The van der Waals surface area contributed by atoms with E-state index < -0.39 is 0 Å². The fraction of sp³-hybridized carbons (Fsp3) is 0.286. The highest BCUT2D eigenvalue weighted by Crippen LogP contribution is 2.37. The molecule has 0 amide bonds. The summed E-state index contributed by atoms with van der Waals surface area (Å²) in [5, 5.41) is 8.73. The van der Waals surface area contributed by atoms with Crippen LogP contribution in [0.1, 0.15) is 29.8 Å². The molecule has 28 heavy (non-hydrogen) atoms. The summed E-state index contributed by atoms with van der Waals surface area (Å²) in [5.74, 6) is 2.25. The van der Waals surface area contributed by atoms with Crippen molar-refractivity contribution in [3.63, 3.8) is 0 Å². The van der Waals surface area contributed by atoms with Gasteiger partial charge in [0.2, 0.25) is 6.79 Å². The minimum Gasteiger partial charge on any atom is -0.497 e. The second-order valence-corrected chi connectivity index (χ2v) is 7.10. The average molecular weight is 400 g/mol. The Kier molecular flexibility index (Phi) is 5.15. The van der Waals surface area contributed by atoms with Crippen LogP contribution in [0.5, 0.6) is 17.2 Å². The standard InChI is InChI=1S/C21H22ClN3O3/c1-13(23-10-15-8-20-21(9-19(15)22)28-12-27-20)18-11-24-25(14(18)2)16-4-6-17(26-3)7-5-16/h4-9,11,13,23H,10,12H2,1-3H3/t13-/m0/s1. The number of rotatable bonds is 6. The quantitative estimate of drug-likeness (QED) is 0.664. The van der Waals surface area contributed by atoms with Gasteiger partial charge in [0.25, 0.3) is 0 Å². The van der Waals surface area contributed by atoms with E-state index in [1.54, 1.807) is 13.2 Å². The number of nitrogens with one attached hydrogen (secondary N) is 1. The van der Waals surface area contributed by atoms with Gasteiger partial charge in [0.1, 0.15) is 5.75 Å². The van der Waals surface area contributed by atoms with Gasteiger partial charge >= 0.3 is 0 Å². The smallest absolute Gasteiger partial charge is 0.231 e. The molecule has 2 aromatic carbocycles. The Labute approximate surface area is 169 Å². The van der Waals surface area contributed by atoms with Crippen molar-refractivity contribution in [2.45, 2.75) is 26.4 Å². The predicted molar refractivity (Wildman–Crippen MR) is 108 cm³/mol. The predicted octanol–water partition coefficient (Wildman–Crippen LogP) is 4.42. The Morgan fingerprint density at radius 2 is 1.93 bits per heavy atom. The maximum Gasteiger partial charge on any atom is 0.231 e. The summed E-state index contributed by atoms with van der Waals surface area (Å²) in [6.07, 6.45) is 1.90. The van der Waals surface area contributed by atoms with E-state index in [0.29, 0.717) is 17.3 Å². The molecular weight excluding hydrogens is 378 g/mol. The first-order valence-electron chi connectivity index (χ1n) is 9.07. The summed E-state index contributed by atoms with van der Waals surface area (Å²) in [7, 11) is 1.66. The van der Waals surface area contributed by atoms with Crippen LogP contribution in [-0.2, 0) is 6.54 Å². The summed E-state index contributed by atoms with van der Waals surface area (Å²) < 4.78 is 18.0. The zero-order valence-electron chi connectivity index (χ0n) is 16.0. The van der Waals surface area contributed by atoms with Crippen molar-refractivity contribution >= 4 is 11.6 Å². The summed E-state index contributed by atoms with van der Waals surface area (Å²) in [6.45, 7) is 5.04. The van der Waals surface area contributed by atoms with Crippen molar-refractivity contribution < 1.29 is 14.2 Å². The van der Waals surface area contributed by atoms with E-state index in [0.717, 1.165) is 34.0 Å². The minimum absolute atomic E-state index is 0.105. The van der Waals surface area contributed by atoms with Gasteiger partial charge in [0.15, 0.2) is 11.5 Å². The van der Waals surface area contributed by atoms with Gasteiger partial charge in [-0.1, -0.05) is 11.6 Å². The number of ether oxygens (including phenoxy) is 3. The van der Waals surface area contributed by atoms with Gasteiger partial charge in [0.05, 0.1) is 19.0 Å². The third-order valence-electron chi connectivity index (χ3n) is 4.97. The Morgan fingerprint density at radius 3 is 2.64 bits per heavy atom. The first kappa shape index (κ1) is 18.7. The largest absolute Gasteiger partial charge is 0.497 e. The number of fused-ring (bicyclic) bond motifs is 1. The molecule has 0 radical (unpaired) electrons. The maximum atomic E-state index is 6.38. The fourth-order valence-electron chi connectivity index (χ4n) is 3.30. The van der Waals surface area contributed by atoms with Gasteiger partial charge < -0.3 is 19.5 Å². The van der Waals surface area contributed by atoms with Gasteiger partial charge in [-0.05, 0) is 49.7 Å². The Morgan fingerprint density at radius 1 is 1.21 bits per heavy atom. The summed E-state index contributed by atoms with van der Waals surface area (Å²) >= 11 is 6.38. The molecule has 2 heterocycles. The molecular formula is C21H22ClN3O3. The van der Waals surface area contributed by atoms with Crippen LogP contribution in [0.25, 0.3) is 5.69 Å². The molecule has 146 valence electrons. The number of aromatic nitrogens is 2. The Balaban J connectivity index is 1.48.